The third kappa shape index (κ3) is 6.13. The average molecular weight is 332 g/mol. The van der Waals surface area contributed by atoms with Crippen molar-refractivity contribution in [2.45, 2.75) is 19.8 Å². The molecule has 1 aliphatic rings. The molecule has 1 N–H and O–H groups in total. The molecule has 1 heterocycles. The molecule has 24 heavy (non-hydrogen) atoms. The molecule has 1 amide bonds. The monoisotopic (exact) mass is 332 g/mol. The second-order valence-electron chi connectivity index (χ2n) is 6.86. The van der Waals surface area contributed by atoms with Gasteiger partial charge in [0.2, 0.25) is 5.91 Å². The predicted molar refractivity (Wildman–Crippen MR) is 101 cm³/mol. The molecule has 0 saturated carbocycles. The third-order valence-corrected chi connectivity index (χ3v) is 4.47. The van der Waals surface area contributed by atoms with Gasteiger partial charge in [-0.3, -0.25) is 4.79 Å². The molecule has 0 radical (unpaired) electrons. The van der Waals surface area contributed by atoms with E-state index in [0.717, 1.165) is 52.2 Å². The number of nitrogens with zero attached hydrogens (tertiary/aromatic N) is 3. The molecular weight excluding hydrogens is 300 g/mol. The number of nitrogens with one attached hydrogen (secondary N) is 1. The van der Waals surface area contributed by atoms with Crippen LogP contribution in [0.25, 0.3) is 0 Å². The molecule has 1 saturated heterocycles. The largest absolute Gasteiger partial charge is 0.368 e. The van der Waals surface area contributed by atoms with Crippen molar-refractivity contribution in [3.05, 3.63) is 29.8 Å². The summed E-state index contributed by atoms with van der Waals surface area (Å²) in [4.78, 5) is 18.9. The van der Waals surface area contributed by atoms with Crippen molar-refractivity contribution >= 4 is 11.6 Å². The molecule has 0 spiro atoms. The number of benzene rings is 1. The van der Waals surface area contributed by atoms with Crippen molar-refractivity contribution in [3.63, 3.8) is 0 Å². The van der Waals surface area contributed by atoms with E-state index in [0.29, 0.717) is 6.42 Å². The molecule has 134 valence electrons. The highest BCUT2D eigenvalue weighted by molar-refractivity contribution is 5.76. The standard InChI is InChI=1S/C19H32N4O/c1-17-6-4-7-18(16-17)22-12-14-23(15-13-22)19(24)8-10-20-9-5-11-21(2)3/h4,6-7,16,20H,5,8-15H2,1-3H3. The first-order valence-electron chi connectivity index (χ1n) is 9.01. The molecule has 0 aliphatic carbocycles. The number of amides is 1. The summed E-state index contributed by atoms with van der Waals surface area (Å²) in [7, 11) is 4.17. The van der Waals surface area contributed by atoms with Crippen molar-refractivity contribution in [1.29, 1.82) is 0 Å². The van der Waals surface area contributed by atoms with Crippen LogP contribution in [0.2, 0.25) is 0 Å². The Morgan fingerprint density at radius 3 is 2.58 bits per heavy atom. The Bertz CT molecular complexity index is 510. The maximum absolute atomic E-state index is 12.3. The van der Waals surface area contributed by atoms with Gasteiger partial charge in [-0.25, -0.2) is 0 Å². The SMILES string of the molecule is Cc1cccc(N2CCN(C(=O)CCNCCCN(C)C)CC2)c1. The van der Waals surface area contributed by atoms with E-state index < -0.39 is 0 Å². The Kier molecular flexibility index (Phi) is 7.53. The van der Waals surface area contributed by atoms with E-state index in [1.165, 1.54) is 11.3 Å². The molecule has 0 atom stereocenters. The molecule has 5 heteroatoms. The minimum absolute atomic E-state index is 0.277. The van der Waals surface area contributed by atoms with Gasteiger partial charge in [0.05, 0.1) is 0 Å². The fourth-order valence-corrected chi connectivity index (χ4v) is 3.04. The number of aryl methyl sites for hydroxylation is 1. The highest BCUT2D eigenvalue weighted by Crippen LogP contribution is 2.17. The van der Waals surface area contributed by atoms with Gasteiger partial charge in [-0.05, 0) is 58.2 Å². The van der Waals surface area contributed by atoms with Crippen LogP contribution in [0.1, 0.15) is 18.4 Å². The van der Waals surface area contributed by atoms with E-state index in [1.54, 1.807) is 0 Å². The van der Waals surface area contributed by atoms with Crippen LogP contribution in [0, 0.1) is 6.92 Å². The third-order valence-electron chi connectivity index (χ3n) is 4.47. The first kappa shape index (κ1) is 18.7. The predicted octanol–water partition coefficient (Wildman–Crippen LogP) is 1.58. The second kappa shape index (κ2) is 9.64. The van der Waals surface area contributed by atoms with Gasteiger partial charge in [0.15, 0.2) is 0 Å². The lowest BCUT2D eigenvalue weighted by molar-refractivity contribution is -0.131. The molecule has 1 aliphatic heterocycles. The van der Waals surface area contributed by atoms with Gasteiger partial charge in [-0.2, -0.15) is 0 Å². The number of hydrogen-bond donors (Lipinski definition) is 1. The van der Waals surface area contributed by atoms with E-state index in [4.69, 9.17) is 0 Å². The lowest BCUT2D eigenvalue weighted by atomic mass is 10.2. The van der Waals surface area contributed by atoms with Gasteiger partial charge in [0.25, 0.3) is 0 Å². The zero-order chi connectivity index (χ0) is 17.4. The second-order valence-corrected chi connectivity index (χ2v) is 6.86. The van der Waals surface area contributed by atoms with Crippen LogP contribution in [0.4, 0.5) is 5.69 Å². The van der Waals surface area contributed by atoms with Crippen molar-refractivity contribution in [2.75, 3.05) is 64.8 Å². The number of carbonyl (C=O) groups is 1. The van der Waals surface area contributed by atoms with E-state index >= 15 is 0 Å². The minimum atomic E-state index is 0.277. The Morgan fingerprint density at radius 2 is 1.92 bits per heavy atom. The van der Waals surface area contributed by atoms with Gasteiger partial charge >= 0.3 is 0 Å². The zero-order valence-corrected chi connectivity index (χ0v) is 15.4. The topological polar surface area (TPSA) is 38.8 Å². The summed E-state index contributed by atoms with van der Waals surface area (Å²) < 4.78 is 0. The van der Waals surface area contributed by atoms with Gasteiger partial charge in [-0.1, -0.05) is 12.1 Å². The van der Waals surface area contributed by atoms with Crippen molar-refractivity contribution < 1.29 is 4.79 Å². The molecule has 2 rings (SSSR count). The highest BCUT2D eigenvalue weighted by atomic mass is 16.2. The van der Waals surface area contributed by atoms with Crippen LogP contribution in [-0.4, -0.2) is 75.6 Å². The van der Waals surface area contributed by atoms with Crippen molar-refractivity contribution in [3.8, 4) is 0 Å². The zero-order valence-electron chi connectivity index (χ0n) is 15.4. The number of hydrogen-bond acceptors (Lipinski definition) is 4. The van der Waals surface area contributed by atoms with E-state index in [2.05, 4.69) is 60.4 Å². The van der Waals surface area contributed by atoms with Gasteiger partial charge < -0.3 is 20.0 Å². The Hall–Kier alpha value is -1.59. The Balaban J connectivity index is 1.64. The first-order valence-corrected chi connectivity index (χ1v) is 9.01. The van der Waals surface area contributed by atoms with Crippen LogP contribution in [0.15, 0.2) is 24.3 Å². The summed E-state index contributed by atoms with van der Waals surface area (Å²) in [5.41, 5.74) is 2.55. The smallest absolute Gasteiger partial charge is 0.223 e. The van der Waals surface area contributed by atoms with Crippen LogP contribution in [0.3, 0.4) is 0 Å². The molecule has 1 fully saturated rings. The molecule has 0 bridgehead atoms. The fourth-order valence-electron chi connectivity index (χ4n) is 3.04. The molecule has 1 aromatic carbocycles. The van der Waals surface area contributed by atoms with Gasteiger partial charge in [0.1, 0.15) is 0 Å². The average Bonchev–Trinajstić information content (AvgIpc) is 2.57. The summed E-state index contributed by atoms with van der Waals surface area (Å²) in [6.07, 6.45) is 1.72. The molecule has 0 aromatic heterocycles. The van der Waals surface area contributed by atoms with E-state index in [-0.39, 0.29) is 5.91 Å². The lowest BCUT2D eigenvalue weighted by Gasteiger charge is -2.36. The summed E-state index contributed by atoms with van der Waals surface area (Å²) in [6, 6.07) is 8.59. The van der Waals surface area contributed by atoms with Gasteiger partial charge in [0, 0.05) is 44.8 Å². The van der Waals surface area contributed by atoms with Crippen LogP contribution >= 0.6 is 0 Å². The van der Waals surface area contributed by atoms with Crippen LogP contribution < -0.4 is 10.2 Å². The first-order chi connectivity index (χ1) is 11.6. The minimum Gasteiger partial charge on any atom is -0.368 e. The van der Waals surface area contributed by atoms with Crippen LogP contribution in [-0.2, 0) is 4.79 Å². The molecular formula is C19H32N4O. The molecule has 5 nitrogen and oxygen atoms in total. The lowest BCUT2D eigenvalue weighted by Crippen LogP contribution is -2.49. The quantitative estimate of drug-likeness (QED) is 0.734. The number of carbonyl (C=O) groups excluding carboxylic acids is 1. The summed E-state index contributed by atoms with van der Waals surface area (Å²) in [6.45, 7) is 8.46. The normalized spacial score (nSPS) is 15.2. The molecule has 1 aromatic rings. The Labute approximate surface area is 146 Å². The van der Waals surface area contributed by atoms with Crippen molar-refractivity contribution in [1.82, 2.24) is 15.1 Å². The number of rotatable bonds is 8. The number of piperazine rings is 1. The fraction of sp³-hybridized carbons (Fsp3) is 0.632. The summed E-state index contributed by atoms with van der Waals surface area (Å²) >= 11 is 0. The van der Waals surface area contributed by atoms with Gasteiger partial charge in [-0.15, -0.1) is 0 Å². The maximum atomic E-state index is 12.3. The highest BCUT2D eigenvalue weighted by Gasteiger charge is 2.20. The van der Waals surface area contributed by atoms with Crippen molar-refractivity contribution in [2.24, 2.45) is 0 Å². The Morgan fingerprint density at radius 1 is 1.17 bits per heavy atom. The van der Waals surface area contributed by atoms with E-state index in [9.17, 15) is 4.79 Å². The summed E-state index contributed by atoms with van der Waals surface area (Å²) in [5.74, 6) is 0.277. The maximum Gasteiger partial charge on any atom is 0.223 e. The van der Waals surface area contributed by atoms with Crippen LogP contribution in [0.5, 0.6) is 0 Å². The molecule has 0 unspecified atom stereocenters. The number of anilines is 1. The summed E-state index contributed by atoms with van der Waals surface area (Å²) in [5, 5.41) is 3.37. The van der Waals surface area contributed by atoms with E-state index in [1.807, 2.05) is 4.90 Å².